The first kappa shape index (κ1) is 12.2. The van der Waals surface area contributed by atoms with Gasteiger partial charge in [0, 0.05) is 17.0 Å². The number of hydrogen-bond donors (Lipinski definition) is 1. The standard InChI is InChI=1S/C13H16ClNO2/c1-13(2,3)15-12(16)11-7-8-6-9(14)4-5-10(8)17-11/h4-6,11H,7H2,1-3H3,(H,15,16)/t11-/m0/s1. The average Bonchev–Trinajstić information content (AvgIpc) is 2.57. The molecule has 1 aromatic rings. The van der Waals surface area contributed by atoms with Crippen LogP contribution in [0.25, 0.3) is 0 Å². The van der Waals surface area contributed by atoms with E-state index in [4.69, 9.17) is 16.3 Å². The number of ether oxygens (including phenoxy) is 1. The summed E-state index contributed by atoms with van der Waals surface area (Å²) in [5.41, 5.74) is 0.749. The van der Waals surface area contributed by atoms with Crippen LogP contribution in [0.1, 0.15) is 26.3 Å². The van der Waals surface area contributed by atoms with Crippen molar-refractivity contribution in [1.82, 2.24) is 5.32 Å². The molecule has 0 unspecified atom stereocenters. The molecule has 1 amide bonds. The lowest BCUT2D eigenvalue weighted by Crippen LogP contribution is -2.47. The zero-order chi connectivity index (χ0) is 12.6. The average molecular weight is 254 g/mol. The quantitative estimate of drug-likeness (QED) is 0.835. The van der Waals surface area contributed by atoms with Crippen molar-refractivity contribution in [2.24, 2.45) is 0 Å². The van der Waals surface area contributed by atoms with Gasteiger partial charge in [-0.25, -0.2) is 0 Å². The van der Waals surface area contributed by atoms with E-state index in [-0.39, 0.29) is 11.4 Å². The van der Waals surface area contributed by atoms with Gasteiger partial charge in [0.05, 0.1) is 0 Å². The number of rotatable bonds is 1. The molecular weight excluding hydrogens is 238 g/mol. The Hall–Kier alpha value is -1.22. The van der Waals surface area contributed by atoms with Gasteiger partial charge < -0.3 is 10.1 Å². The lowest BCUT2D eigenvalue weighted by atomic mass is 10.1. The SMILES string of the molecule is CC(C)(C)NC(=O)[C@@H]1Cc2cc(Cl)ccc2O1. The third kappa shape index (κ3) is 2.91. The third-order valence-electron chi connectivity index (χ3n) is 2.49. The van der Waals surface area contributed by atoms with Gasteiger partial charge >= 0.3 is 0 Å². The first-order valence-electron chi connectivity index (χ1n) is 5.62. The zero-order valence-electron chi connectivity index (χ0n) is 10.2. The summed E-state index contributed by atoms with van der Waals surface area (Å²) in [7, 11) is 0. The van der Waals surface area contributed by atoms with Crippen LogP contribution < -0.4 is 10.1 Å². The molecule has 2 rings (SSSR count). The van der Waals surface area contributed by atoms with Gasteiger partial charge in [-0.3, -0.25) is 4.79 Å². The Balaban J connectivity index is 2.07. The van der Waals surface area contributed by atoms with Gasteiger partial charge in [-0.15, -0.1) is 0 Å². The Morgan fingerprint density at radius 2 is 2.18 bits per heavy atom. The normalized spacial score (nSPS) is 18.5. The second-order valence-corrected chi connectivity index (χ2v) is 5.74. The van der Waals surface area contributed by atoms with E-state index in [2.05, 4.69) is 5.32 Å². The van der Waals surface area contributed by atoms with Crippen LogP contribution in [-0.4, -0.2) is 17.6 Å². The molecule has 1 aliphatic rings. The molecule has 17 heavy (non-hydrogen) atoms. The van der Waals surface area contributed by atoms with E-state index < -0.39 is 6.10 Å². The summed E-state index contributed by atoms with van der Waals surface area (Å²) in [6, 6.07) is 5.42. The Kier molecular flexibility index (Phi) is 3.04. The Labute approximate surface area is 106 Å². The number of hydrogen-bond acceptors (Lipinski definition) is 2. The maximum absolute atomic E-state index is 11.9. The topological polar surface area (TPSA) is 38.3 Å². The molecular formula is C13H16ClNO2. The van der Waals surface area contributed by atoms with E-state index in [0.29, 0.717) is 11.4 Å². The zero-order valence-corrected chi connectivity index (χ0v) is 11.0. The fourth-order valence-corrected chi connectivity index (χ4v) is 2.01. The summed E-state index contributed by atoms with van der Waals surface area (Å²) in [4.78, 5) is 11.9. The highest BCUT2D eigenvalue weighted by Gasteiger charge is 2.30. The van der Waals surface area contributed by atoms with Crippen molar-refractivity contribution in [2.45, 2.75) is 38.8 Å². The highest BCUT2D eigenvalue weighted by Crippen LogP contribution is 2.31. The fraction of sp³-hybridized carbons (Fsp3) is 0.462. The number of amides is 1. The molecule has 0 fully saturated rings. The van der Waals surface area contributed by atoms with Crippen LogP contribution >= 0.6 is 11.6 Å². The first-order chi connectivity index (χ1) is 7.85. The van der Waals surface area contributed by atoms with Gasteiger partial charge in [-0.05, 0) is 44.5 Å². The maximum atomic E-state index is 11.9. The second-order valence-electron chi connectivity index (χ2n) is 5.30. The number of carbonyl (C=O) groups is 1. The summed E-state index contributed by atoms with van der Waals surface area (Å²) >= 11 is 5.90. The van der Waals surface area contributed by atoms with Crippen molar-refractivity contribution in [1.29, 1.82) is 0 Å². The molecule has 1 aromatic carbocycles. The minimum Gasteiger partial charge on any atom is -0.480 e. The molecule has 0 spiro atoms. The van der Waals surface area contributed by atoms with E-state index in [1.54, 1.807) is 6.07 Å². The summed E-state index contributed by atoms with van der Waals surface area (Å²) in [6.45, 7) is 5.84. The third-order valence-corrected chi connectivity index (χ3v) is 2.72. The Bertz CT molecular complexity index is 451. The van der Waals surface area contributed by atoms with Crippen molar-refractivity contribution in [3.8, 4) is 5.75 Å². The van der Waals surface area contributed by atoms with Crippen LogP contribution in [-0.2, 0) is 11.2 Å². The van der Waals surface area contributed by atoms with Crippen molar-refractivity contribution in [3.63, 3.8) is 0 Å². The minimum atomic E-state index is -0.442. The number of carbonyl (C=O) groups excluding carboxylic acids is 1. The summed E-state index contributed by atoms with van der Waals surface area (Å²) in [5, 5.41) is 3.58. The van der Waals surface area contributed by atoms with Gasteiger partial charge in [0.2, 0.25) is 0 Å². The maximum Gasteiger partial charge on any atom is 0.261 e. The van der Waals surface area contributed by atoms with E-state index in [1.165, 1.54) is 0 Å². The van der Waals surface area contributed by atoms with Crippen molar-refractivity contribution in [2.75, 3.05) is 0 Å². The summed E-state index contributed by atoms with van der Waals surface area (Å²) in [5.74, 6) is 0.674. The molecule has 4 heteroatoms. The largest absolute Gasteiger partial charge is 0.480 e. The highest BCUT2D eigenvalue weighted by molar-refractivity contribution is 6.30. The van der Waals surface area contributed by atoms with Crippen LogP contribution in [0.5, 0.6) is 5.75 Å². The number of halogens is 1. The number of nitrogens with one attached hydrogen (secondary N) is 1. The highest BCUT2D eigenvalue weighted by atomic mass is 35.5. The van der Waals surface area contributed by atoms with Gasteiger partial charge in [-0.2, -0.15) is 0 Å². The van der Waals surface area contributed by atoms with Gasteiger partial charge in [-0.1, -0.05) is 11.6 Å². The molecule has 0 saturated carbocycles. The van der Waals surface area contributed by atoms with Crippen LogP contribution in [0.2, 0.25) is 5.02 Å². The van der Waals surface area contributed by atoms with Gasteiger partial charge in [0.25, 0.3) is 5.91 Å². The Morgan fingerprint density at radius 3 is 2.82 bits per heavy atom. The summed E-state index contributed by atoms with van der Waals surface area (Å²) in [6.07, 6.45) is 0.139. The van der Waals surface area contributed by atoms with E-state index in [1.807, 2.05) is 32.9 Å². The molecule has 1 aliphatic heterocycles. The van der Waals surface area contributed by atoms with Crippen LogP contribution in [0, 0.1) is 0 Å². The second kappa shape index (κ2) is 4.22. The van der Waals surface area contributed by atoms with E-state index in [9.17, 15) is 4.79 Å². The lowest BCUT2D eigenvalue weighted by Gasteiger charge is -2.22. The van der Waals surface area contributed by atoms with Gasteiger partial charge in [0.1, 0.15) is 5.75 Å². The smallest absolute Gasteiger partial charge is 0.261 e. The molecule has 0 aromatic heterocycles. The van der Waals surface area contributed by atoms with Crippen molar-refractivity contribution in [3.05, 3.63) is 28.8 Å². The molecule has 0 saturated heterocycles. The van der Waals surface area contributed by atoms with E-state index >= 15 is 0 Å². The molecule has 3 nitrogen and oxygen atoms in total. The van der Waals surface area contributed by atoms with Crippen LogP contribution in [0.3, 0.4) is 0 Å². The monoisotopic (exact) mass is 253 g/mol. The summed E-state index contributed by atoms with van der Waals surface area (Å²) < 4.78 is 5.60. The molecule has 1 heterocycles. The van der Waals surface area contributed by atoms with Gasteiger partial charge in [0.15, 0.2) is 6.10 Å². The first-order valence-corrected chi connectivity index (χ1v) is 6.00. The van der Waals surface area contributed by atoms with Crippen LogP contribution in [0.4, 0.5) is 0 Å². The number of fused-ring (bicyclic) bond motifs is 1. The lowest BCUT2D eigenvalue weighted by molar-refractivity contribution is -0.128. The minimum absolute atomic E-state index is 0.0789. The van der Waals surface area contributed by atoms with Crippen molar-refractivity contribution < 1.29 is 9.53 Å². The predicted octanol–water partition coefficient (Wildman–Crippen LogP) is 2.56. The molecule has 1 N–H and O–H groups in total. The van der Waals surface area contributed by atoms with E-state index in [0.717, 1.165) is 11.3 Å². The molecule has 0 radical (unpaired) electrons. The molecule has 0 bridgehead atoms. The fourth-order valence-electron chi connectivity index (χ4n) is 1.81. The molecule has 0 aliphatic carbocycles. The predicted molar refractivity (Wildman–Crippen MR) is 67.5 cm³/mol. The van der Waals surface area contributed by atoms with Crippen LogP contribution in [0.15, 0.2) is 18.2 Å². The molecule has 92 valence electrons. The van der Waals surface area contributed by atoms with Crippen molar-refractivity contribution >= 4 is 17.5 Å². The molecule has 1 atom stereocenters. The Morgan fingerprint density at radius 1 is 1.47 bits per heavy atom. The number of benzene rings is 1.